The second kappa shape index (κ2) is 6.51. The van der Waals surface area contributed by atoms with E-state index in [9.17, 15) is 4.39 Å². The molecular formula is C15H18FNO. The molecule has 96 valence electrons. The van der Waals surface area contributed by atoms with Gasteiger partial charge >= 0.3 is 0 Å². The predicted octanol–water partition coefficient (Wildman–Crippen LogP) is 3.94. The minimum atomic E-state index is -0.462. The highest BCUT2D eigenvalue weighted by atomic mass is 19.1. The Balaban J connectivity index is 1.91. The standard InChI is InChI=1S/C15H18FNO/c16-15-8-7-12(9-13(15)10-17)11-18-14-5-3-1-2-4-6-14/h7-9,14H,1-6,11H2. The van der Waals surface area contributed by atoms with Gasteiger partial charge in [-0.2, -0.15) is 5.26 Å². The SMILES string of the molecule is N#Cc1cc(COC2CCCCCC2)ccc1F. The van der Waals surface area contributed by atoms with E-state index in [1.54, 1.807) is 12.1 Å². The lowest BCUT2D eigenvalue weighted by Gasteiger charge is -2.15. The van der Waals surface area contributed by atoms with E-state index in [0.29, 0.717) is 12.7 Å². The van der Waals surface area contributed by atoms with Crippen LogP contribution in [0, 0.1) is 17.1 Å². The molecule has 1 aliphatic rings. The Morgan fingerprint density at radius 1 is 1.22 bits per heavy atom. The zero-order valence-electron chi connectivity index (χ0n) is 10.5. The van der Waals surface area contributed by atoms with Crippen LogP contribution in [-0.2, 0) is 11.3 Å². The van der Waals surface area contributed by atoms with E-state index < -0.39 is 5.82 Å². The summed E-state index contributed by atoms with van der Waals surface area (Å²) in [5.41, 5.74) is 0.967. The quantitative estimate of drug-likeness (QED) is 0.758. The van der Waals surface area contributed by atoms with Crippen LogP contribution in [0.5, 0.6) is 0 Å². The first-order chi connectivity index (χ1) is 8.79. The maximum atomic E-state index is 13.2. The van der Waals surface area contributed by atoms with Gasteiger partial charge in [-0.25, -0.2) is 4.39 Å². The molecular weight excluding hydrogens is 229 g/mol. The van der Waals surface area contributed by atoms with Gasteiger partial charge in [0.25, 0.3) is 0 Å². The minimum Gasteiger partial charge on any atom is -0.374 e. The molecule has 0 bridgehead atoms. The fourth-order valence-electron chi connectivity index (χ4n) is 2.37. The Hall–Kier alpha value is -1.40. The summed E-state index contributed by atoms with van der Waals surface area (Å²) in [6, 6.07) is 6.45. The number of rotatable bonds is 3. The molecule has 1 aliphatic carbocycles. The third-order valence-corrected chi connectivity index (χ3v) is 3.44. The van der Waals surface area contributed by atoms with Gasteiger partial charge in [-0.05, 0) is 30.5 Å². The van der Waals surface area contributed by atoms with Crippen LogP contribution in [0.4, 0.5) is 4.39 Å². The Morgan fingerprint density at radius 2 is 1.94 bits per heavy atom. The number of benzene rings is 1. The minimum absolute atomic E-state index is 0.0944. The summed E-state index contributed by atoms with van der Waals surface area (Å²) in [6.07, 6.45) is 7.63. The van der Waals surface area contributed by atoms with Crippen LogP contribution in [0.15, 0.2) is 18.2 Å². The van der Waals surface area contributed by atoms with Crippen molar-refractivity contribution in [3.63, 3.8) is 0 Å². The van der Waals surface area contributed by atoms with E-state index in [4.69, 9.17) is 10.00 Å². The summed E-state index contributed by atoms with van der Waals surface area (Å²) in [5, 5.41) is 8.77. The molecule has 0 radical (unpaired) electrons. The highest BCUT2D eigenvalue weighted by molar-refractivity contribution is 5.34. The van der Waals surface area contributed by atoms with Crippen molar-refractivity contribution in [2.75, 3.05) is 0 Å². The molecule has 3 heteroatoms. The van der Waals surface area contributed by atoms with E-state index in [1.807, 2.05) is 6.07 Å². The molecule has 1 fully saturated rings. The first kappa shape index (κ1) is 13.0. The normalized spacial score (nSPS) is 17.1. The first-order valence-electron chi connectivity index (χ1n) is 6.60. The van der Waals surface area contributed by atoms with Crippen LogP contribution in [-0.4, -0.2) is 6.10 Å². The Kier molecular flexibility index (Phi) is 4.72. The van der Waals surface area contributed by atoms with Crippen LogP contribution in [0.1, 0.15) is 49.7 Å². The van der Waals surface area contributed by atoms with E-state index in [2.05, 4.69) is 0 Å². The lowest BCUT2D eigenvalue weighted by atomic mass is 10.1. The van der Waals surface area contributed by atoms with Crippen molar-refractivity contribution in [2.45, 2.75) is 51.2 Å². The zero-order valence-corrected chi connectivity index (χ0v) is 10.5. The summed E-state index contributed by atoms with van der Waals surface area (Å²) < 4.78 is 19.0. The number of nitrogens with zero attached hydrogens (tertiary/aromatic N) is 1. The Labute approximate surface area is 107 Å². The zero-order chi connectivity index (χ0) is 12.8. The van der Waals surface area contributed by atoms with Crippen molar-refractivity contribution in [2.24, 2.45) is 0 Å². The molecule has 0 aromatic heterocycles. The van der Waals surface area contributed by atoms with Gasteiger partial charge in [0.2, 0.25) is 0 Å². The summed E-state index contributed by atoms with van der Waals surface area (Å²) >= 11 is 0. The third kappa shape index (κ3) is 3.54. The van der Waals surface area contributed by atoms with E-state index in [1.165, 1.54) is 31.7 Å². The summed E-state index contributed by atoms with van der Waals surface area (Å²) in [4.78, 5) is 0. The maximum Gasteiger partial charge on any atom is 0.140 e. The van der Waals surface area contributed by atoms with Crippen molar-refractivity contribution in [3.8, 4) is 6.07 Å². The molecule has 0 aliphatic heterocycles. The van der Waals surface area contributed by atoms with E-state index >= 15 is 0 Å². The maximum absolute atomic E-state index is 13.2. The smallest absolute Gasteiger partial charge is 0.140 e. The number of hydrogen-bond donors (Lipinski definition) is 0. The van der Waals surface area contributed by atoms with Gasteiger partial charge in [0.15, 0.2) is 0 Å². The number of hydrogen-bond acceptors (Lipinski definition) is 2. The van der Waals surface area contributed by atoms with E-state index in [0.717, 1.165) is 18.4 Å². The van der Waals surface area contributed by atoms with Crippen LogP contribution in [0.3, 0.4) is 0 Å². The van der Waals surface area contributed by atoms with Crippen molar-refractivity contribution in [1.29, 1.82) is 5.26 Å². The topological polar surface area (TPSA) is 33.0 Å². The van der Waals surface area contributed by atoms with Crippen LogP contribution in [0.2, 0.25) is 0 Å². The van der Waals surface area contributed by atoms with Crippen molar-refractivity contribution >= 4 is 0 Å². The highest BCUT2D eigenvalue weighted by Crippen LogP contribution is 2.21. The summed E-state index contributed by atoms with van der Waals surface area (Å²) in [6.45, 7) is 0.472. The predicted molar refractivity (Wildman–Crippen MR) is 67.4 cm³/mol. The van der Waals surface area contributed by atoms with Crippen LogP contribution in [0.25, 0.3) is 0 Å². The molecule has 18 heavy (non-hydrogen) atoms. The van der Waals surface area contributed by atoms with Gasteiger partial charge in [-0.1, -0.05) is 31.7 Å². The number of nitriles is 1. The molecule has 0 unspecified atom stereocenters. The number of halogens is 1. The molecule has 0 amide bonds. The van der Waals surface area contributed by atoms with Crippen LogP contribution >= 0.6 is 0 Å². The Bertz CT molecular complexity index is 431. The fourth-order valence-corrected chi connectivity index (χ4v) is 2.37. The Morgan fingerprint density at radius 3 is 2.61 bits per heavy atom. The second-order valence-electron chi connectivity index (χ2n) is 4.85. The fraction of sp³-hybridized carbons (Fsp3) is 0.533. The monoisotopic (exact) mass is 247 g/mol. The lowest BCUT2D eigenvalue weighted by molar-refractivity contribution is 0.0309. The van der Waals surface area contributed by atoms with Gasteiger partial charge in [0.05, 0.1) is 18.3 Å². The van der Waals surface area contributed by atoms with Gasteiger partial charge in [-0.3, -0.25) is 0 Å². The average molecular weight is 247 g/mol. The van der Waals surface area contributed by atoms with Crippen molar-refractivity contribution in [3.05, 3.63) is 35.1 Å². The molecule has 1 aromatic carbocycles. The van der Waals surface area contributed by atoms with Gasteiger partial charge < -0.3 is 4.74 Å². The highest BCUT2D eigenvalue weighted by Gasteiger charge is 2.13. The molecule has 0 saturated heterocycles. The largest absolute Gasteiger partial charge is 0.374 e. The summed E-state index contributed by atoms with van der Waals surface area (Å²) in [5.74, 6) is -0.462. The van der Waals surface area contributed by atoms with Gasteiger partial charge in [-0.15, -0.1) is 0 Å². The van der Waals surface area contributed by atoms with Gasteiger partial charge in [0.1, 0.15) is 11.9 Å². The second-order valence-corrected chi connectivity index (χ2v) is 4.85. The first-order valence-corrected chi connectivity index (χ1v) is 6.60. The van der Waals surface area contributed by atoms with Crippen molar-refractivity contribution in [1.82, 2.24) is 0 Å². The molecule has 1 saturated carbocycles. The molecule has 0 atom stereocenters. The molecule has 0 N–H and O–H groups in total. The molecule has 0 heterocycles. The summed E-state index contributed by atoms with van der Waals surface area (Å²) in [7, 11) is 0. The lowest BCUT2D eigenvalue weighted by Crippen LogP contribution is -2.11. The van der Waals surface area contributed by atoms with E-state index in [-0.39, 0.29) is 5.56 Å². The third-order valence-electron chi connectivity index (χ3n) is 3.44. The molecule has 2 nitrogen and oxygen atoms in total. The average Bonchev–Trinajstić information content (AvgIpc) is 2.66. The van der Waals surface area contributed by atoms with Crippen molar-refractivity contribution < 1.29 is 9.13 Å². The van der Waals surface area contributed by atoms with Gasteiger partial charge in [0, 0.05) is 0 Å². The van der Waals surface area contributed by atoms with Crippen LogP contribution < -0.4 is 0 Å². The number of ether oxygens (including phenoxy) is 1. The molecule has 0 spiro atoms. The molecule has 2 rings (SSSR count). The molecule has 1 aromatic rings.